The molecule has 0 saturated heterocycles. The molecule has 3 aromatic rings. The number of amides is 1. The summed E-state index contributed by atoms with van der Waals surface area (Å²) in [5.41, 5.74) is 0.564. The summed E-state index contributed by atoms with van der Waals surface area (Å²) >= 11 is 4.38. The zero-order chi connectivity index (χ0) is 21.2. The number of nitrogens with one attached hydrogen (secondary N) is 2. The molecule has 154 valence electrons. The third kappa shape index (κ3) is 5.60. The second kappa shape index (κ2) is 8.48. The second-order valence-electron chi connectivity index (χ2n) is 6.07. The Balaban J connectivity index is 1.60. The molecule has 1 aromatic heterocycles. The van der Waals surface area contributed by atoms with Crippen LogP contribution in [-0.2, 0) is 24.7 Å². The number of benzene rings is 2. The Morgan fingerprint density at radius 1 is 1.07 bits per heavy atom. The highest BCUT2D eigenvalue weighted by atomic mass is 79.9. The molecule has 0 bridgehead atoms. The molecule has 0 fully saturated rings. The Kier molecular flexibility index (Phi) is 6.39. The van der Waals surface area contributed by atoms with Crippen LogP contribution in [0.4, 0.5) is 5.13 Å². The van der Waals surface area contributed by atoms with Crippen LogP contribution >= 0.6 is 27.3 Å². The van der Waals surface area contributed by atoms with Gasteiger partial charge in [0.15, 0.2) is 15.0 Å². The standard InChI is InChI=1S/C17H16BrN3O5S3/c1-28(23,24)13-6-7-14-15(10-13)27-17(20-14)21-16(22)8-9-19-29(25,26)12-4-2-11(18)3-5-12/h2-7,10,19H,8-9H2,1H3,(H,20,21,22). The number of anilines is 1. The van der Waals surface area contributed by atoms with E-state index in [-0.39, 0.29) is 22.8 Å². The van der Waals surface area contributed by atoms with Gasteiger partial charge in [-0.05, 0) is 42.5 Å². The number of sulfone groups is 1. The fourth-order valence-corrected chi connectivity index (χ4v) is 5.31. The molecule has 8 nitrogen and oxygen atoms in total. The molecule has 1 amide bonds. The number of fused-ring (bicyclic) bond motifs is 1. The summed E-state index contributed by atoms with van der Waals surface area (Å²) in [6.45, 7) is -0.0760. The lowest BCUT2D eigenvalue weighted by atomic mass is 10.3. The maximum atomic E-state index is 12.2. The van der Waals surface area contributed by atoms with Gasteiger partial charge in [0, 0.05) is 23.7 Å². The van der Waals surface area contributed by atoms with Gasteiger partial charge in [-0.2, -0.15) is 0 Å². The highest BCUT2D eigenvalue weighted by Gasteiger charge is 2.15. The number of thiazole rings is 1. The molecule has 1 heterocycles. The number of carbonyl (C=O) groups is 1. The van der Waals surface area contributed by atoms with Crippen LogP contribution < -0.4 is 10.0 Å². The molecule has 2 N–H and O–H groups in total. The quantitative estimate of drug-likeness (QED) is 0.496. The van der Waals surface area contributed by atoms with Gasteiger partial charge in [-0.1, -0.05) is 27.3 Å². The van der Waals surface area contributed by atoms with E-state index in [0.29, 0.717) is 15.3 Å². The molecule has 0 aliphatic carbocycles. The number of hydrogen-bond donors (Lipinski definition) is 2. The third-order valence-electron chi connectivity index (χ3n) is 3.80. The highest BCUT2D eigenvalue weighted by Crippen LogP contribution is 2.28. The van der Waals surface area contributed by atoms with Crippen LogP contribution in [-0.4, -0.2) is 40.5 Å². The lowest BCUT2D eigenvalue weighted by Crippen LogP contribution is -2.27. The highest BCUT2D eigenvalue weighted by molar-refractivity contribution is 9.10. The van der Waals surface area contributed by atoms with Crippen molar-refractivity contribution in [2.45, 2.75) is 16.2 Å². The maximum Gasteiger partial charge on any atom is 0.240 e. The summed E-state index contributed by atoms with van der Waals surface area (Å²) < 4.78 is 51.4. The monoisotopic (exact) mass is 517 g/mol. The molecular formula is C17H16BrN3O5S3. The first kappa shape index (κ1) is 21.8. The van der Waals surface area contributed by atoms with Crippen LogP contribution in [0.25, 0.3) is 10.2 Å². The predicted octanol–water partition coefficient (Wildman–Crippen LogP) is 2.77. The number of sulfonamides is 1. The molecule has 0 saturated carbocycles. The van der Waals surface area contributed by atoms with Gasteiger partial charge in [-0.25, -0.2) is 26.5 Å². The minimum absolute atomic E-state index is 0.0760. The minimum atomic E-state index is -3.71. The van der Waals surface area contributed by atoms with Gasteiger partial charge in [0.25, 0.3) is 0 Å². The molecule has 2 aromatic carbocycles. The average Bonchev–Trinajstić information content (AvgIpc) is 3.02. The molecule has 0 unspecified atom stereocenters. The Bertz CT molecular complexity index is 1270. The fraction of sp³-hybridized carbons (Fsp3) is 0.176. The maximum absolute atomic E-state index is 12.2. The molecule has 29 heavy (non-hydrogen) atoms. The molecule has 0 spiro atoms. The topological polar surface area (TPSA) is 122 Å². The number of hydrogen-bond acceptors (Lipinski definition) is 7. The van der Waals surface area contributed by atoms with Crippen LogP contribution in [0.5, 0.6) is 0 Å². The largest absolute Gasteiger partial charge is 0.302 e. The van der Waals surface area contributed by atoms with Crippen molar-refractivity contribution >= 4 is 68.4 Å². The summed E-state index contributed by atoms with van der Waals surface area (Å²) in [6.07, 6.45) is 1.04. The van der Waals surface area contributed by atoms with Crippen LogP contribution in [0.1, 0.15) is 6.42 Å². The van der Waals surface area contributed by atoms with Crippen LogP contribution in [0.3, 0.4) is 0 Å². The third-order valence-corrected chi connectivity index (χ3v) is 7.85. The number of carbonyl (C=O) groups excluding carboxylic acids is 1. The van der Waals surface area contributed by atoms with E-state index in [1.54, 1.807) is 18.2 Å². The van der Waals surface area contributed by atoms with Gasteiger partial charge in [0.2, 0.25) is 15.9 Å². The molecule has 0 atom stereocenters. The van der Waals surface area contributed by atoms with Crippen molar-refractivity contribution in [3.63, 3.8) is 0 Å². The van der Waals surface area contributed by atoms with Crippen LogP contribution in [0, 0.1) is 0 Å². The van der Waals surface area contributed by atoms with E-state index < -0.39 is 25.8 Å². The number of aromatic nitrogens is 1. The van der Waals surface area contributed by atoms with Gasteiger partial charge in [-0.3, -0.25) is 4.79 Å². The summed E-state index contributed by atoms with van der Waals surface area (Å²) in [4.78, 5) is 16.6. The van der Waals surface area contributed by atoms with E-state index in [2.05, 4.69) is 31.0 Å². The molecule has 0 aliphatic heterocycles. The SMILES string of the molecule is CS(=O)(=O)c1ccc2nc(NC(=O)CCNS(=O)(=O)c3ccc(Br)cc3)sc2c1. The smallest absolute Gasteiger partial charge is 0.240 e. The van der Waals surface area contributed by atoms with E-state index in [1.807, 2.05) is 0 Å². The Labute approximate surface area is 180 Å². The zero-order valence-corrected chi connectivity index (χ0v) is 19.1. The first-order valence-corrected chi connectivity index (χ1v) is 13.2. The lowest BCUT2D eigenvalue weighted by molar-refractivity contribution is -0.116. The summed E-state index contributed by atoms with van der Waals surface area (Å²) in [5.74, 6) is -0.411. The van der Waals surface area contributed by atoms with E-state index >= 15 is 0 Å². The molecule has 12 heteroatoms. The van der Waals surface area contributed by atoms with Gasteiger partial charge < -0.3 is 5.32 Å². The van der Waals surface area contributed by atoms with E-state index in [9.17, 15) is 21.6 Å². The number of rotatable bonds is 7. The van der Waals surface area contributed by atoms with Crippen molar-refractivity contribution in [3.05, 3.63) is 46.9 Å². The van der Waals surface area contributed by atoms with Crippen molar-refractivity contribution in [1.82, 2.24) is 9.71 Å². The van der Waals surface area contributed by atoms with E-state index in [0.717, 1.165) is 22.1 Å². The summed E-state index contributed by atoms with van der Waals surface area (Å²) in [6, 6.07) is 10.7. The van der Waals surface area contributed by atoms with Gasteiger partial charge >= 0.3 is 0 Å². The van der Waals surface area contributed by atoms with Crippen molar-refractivity contribution < 1.29 is 21.6 Å². The minimum Gasteiger partial charge on any atom is -0.302 e. The predicted molar refractivity (Wildman–Crippen MR) is 115 cm³/mol. The number of halogens is 1. The molecule has 0 radical (unpaired) electrons. The summed E-state index contributed by atoms with van der Waals surface area (Å²) in [5, 5.41) is 2.91. The lowest BCUT2D eigenvalue weighted by Gasteiger charge is -2.06. The first-order valence-electron chi connectivity index (χ1n) is 8.20. The van der Waals surface area contributed by atoms with Gasteiger partial charge in [-0.15, -0.1) is 0 Å². The Hall–Kier alpha value is -1.86. The van der Waals surface area contributed by atoms with Crippen LogP contribution in [0.15, 0.2) is 56.7 Å². The van der Waals surface area contributed by atoms with Gasteiger partial charge in [0.05, 0.1) is 20.0 Å². The van der Waals surface area contributed by atoms with E-state index in [1.165, 1.54) is 24.3 Å². The normalized spacial score (nSPS) is 12.2. The molecular weight excluding hydrogens is 502 g/mol. The Morgan fingerprint density at radius 3 is 2.38 bits per heavy atom. The Morgan fingerprint density at radius 2 is 1.72 bits per heavy atom. The van der Waals surface area contributed by atoms with Crippen molar-refractivity contribution in [2.75, 3.05) is 18.1 Å². The van der Waals surface area contributed by atoms with E-state index in [4.69, 9.17) is 0 Å². The van der Waals surface area contributed by atoms with Crippen molar-refractivity contribution in [3.8, 4) is 0 Å². The van der Waals surface area contributed by atoms with Crippen molar-refractivity contribution in [2.24, 2.45) is 0 Å². The van der Waals surface area contributed by atoms with Gasteiger partial charge in [0.1, 0.15) is 0 Å². The molecule has 0 aliphatic rings. The van der Waals surface area contributed by atoms with Crippen LogP contribution in [0.2, 0.25) is 0 Å². The second-order valence-corrected chi connectivity index (χ2v) is 11.8. The number of nitrogens with zero attached hydrogens (tertiary/aromatic N) is 1. The summed E-state index contributed by atoms with van der Waals surface area (Å²) in [7, 11) is -7.04. The van der Waals surface area contributed by atoms with Crippen molar-refractivity contribution in [1.29, 1.82) is 0 Å². The average molecular weight is 518 g/mol. The molecule has 3 rings (SSSR count). The first-order chi connectivity index (χ1) is 13.5. The fourth-order valence-electron chi connectivity index (χ4n) is 2.37. The zero-order valence-electron chi connectivity index (χ0n) is 15.0.